The first-order chi connectivity index (χ1) is 12.0. The molecule has 0 saturated carbocycles. The molecule has 25 heavy (non-hydrogen) atoms. The van der Waals surface area contributed by atoms with Crippen molar-refractivity contribution in [3.63, 3.8) is 0 Å². The molecule has 1 fully saturated rings. The summed E-state index contributed by atoms with van der Waals surface area (Å²) in [6.07, 6.45) is 6.56. The third-order valence-electron chi connectivity index (χ3n) is 4.31. The lowest BCUT2D eigenvalue weighted by Gasteiger charge is -2.27. The molecule has 0 N–H and O–H groups in total. The highest BCUT2D eigenvalue weighted by molar-refractivity contribution is 7.86. The topological polar surface area (TPSA) is 61.8 Å². The fourth-order valence-corrected chi connectivity index (χ4v) is 3.83. The zero-order chi connectivity index (χ0) is 18.1. The molecule has 1 aliphatic heterocycles. The third-order valence-corrected chi connectivity index (χ3v) is 5.64. The van der Waals surface area contributed by atoms with E-state index in [4.69, 9.17) is 13.7 Å². The van der Waals surface area contributed by atoms with Gasteiger partial charge in [0.1, 0.15) is 0 Å². The van der Waals surface area contributed by atoms with Crippen molar-refractivity contribution in [2.45, 2.75) is 76.1 Å². The van der Waals surface area contributed by atoms with Gasteiger partial charge in [0.25, 0.3) is 10.1 Å². The largest absolute Gasteiger partial charge is 0.353 e. The molecule has 142 valence electrons. The highest BCUT2D eigenvalue weighted by Crippen LogP contribution is 2.20. The van der Waals surface area contributed by atoms with Crippen LogP contribution in [0.5, 0.6) is 0 Å². The van der Waals surface area contributed by atoms with Gasteiger partial charge in [0.2, 0.25) is 0 Å². The lowest BCUT2D eigenvalue weighted by molar-refractivity contribution is -0.190. The molecule has 1 aliphatic rings. The smallest absolute Gasteiger partial charge is 0.296 e. The number of ether oxygens (including phenoxy) is 2. The van der Waals surface area contributed by atoms with E-state index in [-0.39, 0.29) is 23.9 Å². The SMILES string of the molecule is CCC[C@@H](CCCOS(=O)(=O)c1ccc(C)cc1)OC1CCCCO1. The number of benzene rings is 1. The van der Waals surface area contributed by atoms with Crippen LogP contribution in [-0.4, -0.2) is 34.0 Å². The van der Waals surface area contributed by atoms with Gasteiger partial charge in [-0.2, -0.15) is 8.42 Å². The van der Waals surface area contributed by atoms with Gasteiger partial charge in [0.05, 0.1) is 17.6 Å². The van der Waals surface area contributed by atoms with Gasteiger partial charge < -0.3 is 9.47 Å². The van der Waals surface area contributed by atoms with Crippen LogP contribution in [0.2, 0.25) is 0 Å². The van der Waals surface area contributed by atoms with Crippen molar-refractivity contribution in [3.8, 4) is 0 Å². The summed E-state index contributed by atoms with van der Waals surface area (Å²) < 4.78 is 41.1. The summed E-state index contributed by atoms with van der Waals surface area (Å²) in [4.78, 5) is 0.204. The minimum absolute atomic E-state index is 0.0961. The van der Waals surface area contributed by atoms with Crippen LogP contribution in [0.25, 0.3) is 0 Å². The standard InChI is InChI=1S/C19H30O5S/c1-3-7-17(24-19-9-4-5-14-22-19)8-6-15-23-25(20,21)18-12-10-16(2)11-13-18/h10-13,17,19H,3-9,14-15H2,1-2H3/t17-,19?/m0/s1. The van der Waals surface area contributed by atoms with Gasteiger partial charge in [-0.05, 0) is 57.6 Å². The number of hydrogen-bond donors (Lipinski definition) is 0. The van der Waals surface area contributed by atoms with Crippen LogP contribution in [0.1, 0.15) is 57.4 Å². The molecule has 0 aliphatic carbocycles. The predicted molar refractivity (Wildman–Crippen MR) is 96.9 cm³/mol. The molecule has 1 heterocycles. The van der Waals surface area contributed by atoms with Crippen molar-refractivity contribution in [3.05, 3.63) is 29.8 Å². The van der Waals surface area contributed by atoms with Crippen LogP contribution in [0.15, 0.2) is 29.2 Å². The Hall–Kier alpha value is -0.950. The molecule has 0 spiro atoms. The molecule has 0 aromatic heterocycles. The average Bonchev–Trinajstić information content (AvgIpc) is 2.60. The number of hydrogen-bond acceptors (Lipinski definition) is 5. The lowest BCUT2D eigenvalue weighted by atomic mass is 10.1. The van der Waals surface area contributed by atoms with E-state index in [1.807, 2.05) is 6.92 Å². The van der Waals surface area contributed by atoms with Crippen molar-refractivity contribution in [2.75, 3.05) is 13.2 Å². The molecular weight excluding hydrogens is 340 g/mol. The molecule has 6 heteroatoms. The van der Waals surface area contributed by atoms with E-state index in [9.17, 15) is 8.42 Å². The van der Waals surface area contributed by atoms with E-state index in [1.54, 1.807) is 24.3 Å². The van der Waals surface area contributed by atoms with Crippen LogP contribution >= 0.6 is 0 Å². The minimum Gasteiger partial charge on any atom is -0.353 e. The molecule has 2 atom stereocenters. The summed E-state index contributed by atoms with van der Waals surface area (Å²) in [5.41, 5.74) is 1.02. The Morgan fingerprint density at radius 1 is 1.20 bits per heavy atom. The van der Waals surface area contributed by atoms with Crippen LogP contribution < -0.4 is 0 Å². The van der Waals surface area contributed by atoms with Gasteiger partial charge in [0, 0.05) is 6.61 Å². The molecule has 2 rings (SSSR count). The maximum absolute atomic E-state index is 12.2. The summed E-state index contributed by atoms with van der Waals surface area (Å²) in [6, 6.07) is 6.69. The predicted octanol–water partition coefficient (Wildman–Crippen LogP) is 4.19. The molecule has 0 amide bonds. The van der Waals surface area contributed by atoms with E-state index >= 15 is 0 Å². The van der Waals surface area contributed by atoms with Crippen molar-refractivity contribution in [1.82, 2.24) is 0 Å². The molecule has 1 aromatic rings. The molecule has 1 saturated heterocycles. The van der Waals surface area contributed by atoms with Gasteiger partial charge in [-0.3, -0.25) is 4.18 Å². The Morgan fingerprint density at radius 2 is 1.96 bits per heavy atom. The molecular formula is C19H30O5S. The van der Waals surface area contributed by atoms with Gasteiger partial charge in [0.15, 0.2) is 6.29 Å². The Balaban J connectivity index is 1.75. The first-order valence-electron chi connectivity index (χ1n) is 9.24. The molecule has 0 bridgehead atoms. The van der Waals surface area contributed by atoms with Crippen molar-refractivity contribution in [2.24, 2.45) is 0 Å². The Kier molecular flexibility index (Phi) is 8.36. The first kappa shape index (κ1) is 20.4. The first-order valence-corrected chi connectivity index (χ1v) is 10.7. The van der Waals surface area contributed by atoms with E-state index in [0.29, 0.717) is 6.42 Å². The molecule has 5 nitrogen and oxygen atoms in total. The zero-order valence-corrected chi connectivity index (χ0v) is 16.1. The van der Waals surface area contributed by atoms with Crippen molar-refractivity contribution < 1.29 is 22.1 Å². The lowest BCUT2D eigenvalue weighted by Crippen LogP contribution is -2.28. The second-order valence-electron chi connectivity index (χ2n) is 6.57. The summed E-state index contributed by atoms with van der Waals surface area (Å²) >= 11 is 0. The monoisotopic (exact) mass is 370 g/mol. The van der Waals surface area contributed by atoms with E-state index in [2.05, 4.69) is 6.92 Å². The van der Waals surface area contributed by atoms with E-state index in [1.165, 1.54) is 0 Å². The van der Waals surface area contributed by atoms with E-state index < -0.39 is 10.1 Å². The number of rotatable bonds is 10. The van der Waals surface area contributed by atoms with Crippen LogP contribution in [0, 0.1) is 6.92 Å². The molecule has 1 unspecified atom stereocenters. The maximum atomic E-state index is 12.2. The Labute approximate surface area is 151 Å². The van der Waals surface area contributed by atoms with Gasteiger partial charge in [-0.25, -0.2) is 0 Å². The summed E-state index contributed by atoms with van der Waals surface area (Å²) in [6.45, 7) is 4.98. The zero-order valence-electron chi connectivity index (χ0n) is 15.3. The normalized spacial score (nSPS) is 19.7. The summed E-state index contributed by atoms with van der Waals surface area (Å²) in [7, 11) is -3.68. The summed E-state index contributed by atoms with van der Waals surface area (Å²) in [5, 5.41) is 0. The van der Waals surface area contributed by atoms with E-state index in [0.717, 1.165) is 50.7 Å². The second-order valence-corrected chi connectivity index (χ2v) is 8.19. The third kappa shape index (κ3) is 7.05. The van der Waals surface area contributed by atoms with Crippen molar-refractivity contribution >= 4 is 10.1 Å². The quantitative estimate of drug-likeness (QED) is 0.456. The molecule has 1 aromatic carbocycles. The highest BCUT2D eigenvalue weighted by atomic mass is 32.2. The highest BCUT2D eigenvalue weighted by Gasteiger charge is 2.20. The van der Waals surface area contributed by atoms with Crippen molar-refractivity contribution in [1.29, 1.82) is 0 Å². The number of aryl methyl sites for hydroxylation is 1. The van der Waals surface area contributed by atoms with Gasteiger partial charge >= 0.3 is 0 Å². The van der Waals surface area contributed by atoms with Crippen LogP contribution in [0.3, 0.4) is 0 Å². The van der Waals surface area contributed by atoms with Crippen LogP contribution in [0.4, 0.5) is 0 Å². The maximum Gasteiger partial charge on any atom is 0.296 e. The summed E-state index contributed by atoms with van der Waals surface area (Å²) in [5.74, 6) is 0. The van der Waals surface area contributed by atoms with Gasteiger partial charge in [-0.15, -0.1) is 0 Å². The fraction of sp³-hybridized carbons (Fsp3) is 0.684. The Morgan fingerprint density at radius 3 is 2.60 bits per heavy atom. The second kappa shape index (κ2) is 10.3. The minimum atomic E-state index is -3.68. The average molecular weight is 371 g/mol. The van der Waals surface area contributed by atoms with Crippen LogP contribution in [-0.2, 0) is 23.8 Å². The van der Waals surface area contributed by atoms with Gasteiger partial charge in [-0.1, -0.05) is 31.0 Å². The molecule has 0 radical (unpaired) electrons. The fourth-order valence-electron chi connectivity index (χ4n) is 2.89. The Bertz CT molecular complexity index is 591.